The van der Waals surface area contributed by atoms with Gasteiger partial charge >= 0.3 is 6.09 Å². The van der Waals surface area contributed by atoms with Crippen LogP contribution < -0.4 is 10.6 Å². The first kappa shape index (κ1) is 30.9. The smallest absolute Gasteiger partial charge is 0.408 e. The number of aryl methyl sites for hydroxylation is 1. The zero-order valence-corrected chi connectivity index (χ0v) is 23.5. The number of carbonyl (C=O) groups excluding carboxylic acids is 3. The zero-order valence-electron chi connectivity index (χ0n) is 22.7. The monoisotopic (exact) mass is 543 g/mol. The van der Waals surface area contributed by atoms with Gasteiger partial charge in [-0.3, -0.25) is 9.59 Å². The Morgan fingerprint density at radius 3 is 2.45 bits per heavy atom. The second-order valence-corrected chi connectivity index (χ2v) is 10.4. The molecule has 2 aromatic rings. The molecule has 206 valence electrons. The number of carbonyl (C=O) groups is 3. The second-order valence-electron chi connectivity index (χ2n) is 9.96. The summed E-state index contributed by atoms with van der Waals surface area (Å²) in [5.74, 6) is -1.10. The van der Waals surface area contributed by atoms with E-state index in [2.05, 4.69) is 17.2 Å². The average Bonchev–Trinajstić information content (AvgIpc) is 2.85. The third kappa shape index (κ3) is 8.60. The largest absolute Gasteiger partial charge is 0.444 e. The van der Waals surface area contributed by atoms with Crippen molar-refractivity contribution in [2.45, 2.75) is 65.1 Å². The van der Waals surface area contributed by atoms with Crippen molar-refractivity contribution in [3.8, 4) is 0 Å². The summed E-state index contributed by atoms with van der Waals surface area (Å²) in [5, 5.41) is 15.7. The van der Waals surface area contributed by atoms with Crippen LogP contribution >= 0.6 is 11.6 Å². The van der Waals surface area contributed by atoms with E-state index in [1.807, 2.05) is 26.0 Å². The Hall–Kier alpha value is -3.36. The highest BCUT2D eigenvalue weighted by molar-refractivity contribution is 6.34. The van der Waals surface area contributed by atoms with E-state index in [1.165, 1.54) is 4.90 Å². The molecule has 0 aliphatic carbocycles. The second kappa shape index (κ2) is 14.0. The number of halogens is 1. The molecular formula is C29H38ClN3O5. The number of anilines is 1. The van der Waals surface area contributed by atoms with Crippen molar-refractivity contribution >= 4 is 41.3 Å². The highest BCUT2D eigenvalue weighted by atomic mass is 35.5. The van der Waals surface area contributed by atoms with Crippen molar-refractivity contribution in [1.29, 1.82) is 0 Å². The molecule has 38 heavy (non-hydrogen) atoms. The minimum Gasteiger partial charge on any atom is -0.444 e. The number of amides is 3. The van der Waals surface area contributed by atoms with Gasteiger partial charge in [-0.15, -0.1) is 0 Å². The fraction of sp³-hybridized carbons (Fsp3) is 0.414. The van der Waals surface area contributed by atoms with Gasteiger partial charge in [0.15, 0.2) is 0 Å². The van der Waals surface area contributed by atoms with Gasteiger partial charge in [0.1, 0.15) is 17.7 Å². The van der Waals surface area contributed by atoms with Crippen molar-refractivity contribution in [2.24, 2.45) is 0 Å². The zero-order chi connectivity index (χ0) is 28.5. The SMILES string of the molecule is C=Cc1cccc(C(C(=O)Nc2c(C)cccc2Cl)N(CCCC)C(=O)C(CO)NC(=O)OC(C)(C)C)c1. The van der Waals surface area contributed by atoms with Crippen molar-refractivity contribution in [3.05, 3.63) is 70.8 Å². The molecule has 2 atom stereocenters. The number of aliphatic hydroxyl groups is 1. The van der Waals surface area contributed by atoms with Gasteiger partial charge in [0.2, 0.25) is 5.91 Å². The molecule has 2 aromatic carbocycles. The average molecular weight is 544 g/mol. The summed E-state index contributed by atoms with van der Waals surface area (Å²) in [4.78, 5) is 41.5. The van der Waals surface area contributed by atoms with E-state index < -0.39 is 42.2 Å². The summed E-state index contributed by atoms with van der Waals surface area (Å²) in [7, 11) is 0. The molecule has 0 saturated heterocycles. The number of alkyl carbamates (subject to hydrolysis) is 1. The molecule has 0 saturated carbocycles. The lowest BCUT2D eigenvalue weighted by Gasteiger charge is -2.34. The highest BCUT2D eigenvalue weighted by Gasteiger charge is 2.36. The number of ether oxygens (including phenoxy) is 1. The quantitative estimate of drug-likeness (QED) is 0.347. The van der Waals surface area contributed by atoms with E-state index in [9.17, 15) is 19.5 Å². The Morgan fingerprint density at radius 1 is 1.18 bits per heavy atom. The minimum absolute atomic E-state index is 0.208. The Kier molecular flexibility index (Phi) is 11.4. The van der Waals surface area contributed by atoms with Crippen LogP contribution in [0.2, 0.25) is 5.02 Å². The molecule has 0 spiro atoms. The number of aliphatic hydroxyl groups excluding tert-OH is 1. The van der Waals surface area contributed by atoms with Gasteiger partial charge in [-0.2, -0.15) is 0 Å². The van der Waals surface area contributed by atoms with E-state index in [-0.39, 0.29) is 6.54 Å². The molecule has 9 heteroatoms. The summed E-state index contributed by atoms with van der Waals surface area (Å²) < 4.78 is 5.27. The molecule has 0 aliphatic rings. The molecule has 8 nitrogen and oxygen atoms in total. The lowest BCUT2D eigenvalue weighted by atomic mass is 9.99. The van der Waals surface area contributed by atoms with E-state index in [0.29, 0.717) is 22.7 Å². The van der Waals surface area contributed by atoms with Gasteiger partial charge in [-0.1, -0.05) is 67.9 Å². The van der Waals surface area contributed by atoms with Gasteiger partial charge in [-0.25, -0.2) is 4.79 Å². The van der Waals surface area contributed by atoms with Gasteiger partial charge < -0.3 is 25.4 Å². The van der Waals surface area contributed by atoms with Crippen molar-refractivity contribution < 1.29 is 24.2 Å². The Balaban J connectivity index is 2.55. The van der Waals surface area contributed by atoms with Crippen LogP contribution in [0.4, 0.5) is 10.5 Å². The van der Waals surface area contributed by atoms with Crippen LogP contribution in [-0.2, 0) is 14.3 Å². The number of hydrogen-bond acceptors (Lipinski definition) is 5. The first-order valence-electron chi connectivity index (χ1n) is 12.6. The molecule has 0 aliphatic heterocycles. The van der Waals surface area contributed by atoms with Gasteiger partial charge in [-0.05, 0) is 62.9 Å². The third-order valence-electron chi connectivity index (χ3n) is 5.70. The van der Waals surface area contributed by atoms with Gasteiger partial charge in [0.25, 0.3) is 5.91 Å². The molecule has 0 heterocycles. The molecular weight excluding hydrogens is 506 g/mol. The predicted molar refractivity (Wildman–Crippen MR) is 151 cm³/mol. The lowest BCUT2D eigenvalue weighted by molar-refractivity contribution is -0.141. The highest BCUT2D eigenvalue weighted by Crippen LogP contribution is 2.30. The summed E-state index contributed by atoms with van der Waals surface area (Å²) in [6, 6.07) is 10.0. The number of hydrogen-bond donors (Lipinski definition) is 3. The Labute approximate surface area is 230 Å². The normalized spacial score (nSPS) is 12.7. The van der Waals surface area contributed by atoms with Crippen molar-refractivity contribution in [1.82, 2.24) is 10.2 Å². The van der Waals surface area contributed by atoms with Crippen molar-refractivity contribution in [2.75, 3.05) is 18.5 Å². The molecule has 0 fully saturated rings. The molecule has 2 rings (SSSR count). The van der Waals surface area contributed by atoms with E-state index in [0.717, 1.165) is 17.5 Å². The minimum atomic E-state index is -1.32. The van der Waals surface area contributed by atoms with Crippen LogP contribution in [-0.4, -0.2) is 52.7 Å². The lowest BCUT2D eigenvalue weighted by Crippen LogP contribution is -2.54. The van der Waals surface area contributed by atoms with E-state index >= 15 is 0 Å². The number of nitrogens with one attached hydrogen (secondary N) is 2. The maximum absolute atomic E-state index is 13.9. The van der Waals surface area contributed by atoms with E-state index in [4.69, 9.17) is 16.3 Å². The molecule has 2 unspecified atom stereocenters. The van der Waals surface area contributed by atoms with Crippen LogP contribution in [0.5, 0.6) is 0 Å². The van der Waals surface area contributed by atoms with Crippen LogP contribution in [0, 0.1) is 6.92 Å². The molecule has 3 N–H and O–H groups in total. The summed E-state index contributed by atoms with van der Waals surface area (Å²) in [6.45, 7) is 12.2. The van der Waals surface area contributed by atoms with Crippen LogP contribution in [0.15, 0.2) is 49.0 Å². The predicted octanol–water partition coefficient (Wildman–Crippen LogP) is 5.49. The standard InChI is InChI=1S/C29H38ClN3O5/c1-7-9-16-33(27(36)23(18-34)31-28(37)38-29(4,5)6)25(21-14-11-13-20(8-2)17-21)26(35)32-24-19(3)12-10-15-22(24)30/h8,10-15,17,23,25,34H,2,7,9,16,18H2,1,3-6H3,(H,31,37)(H,32,35). The van der Waals surface area contributed by atoms with Crippen LogP contribution in [0.25, 0.3) is 6.08 Å². The van der Waals surface area contributed by atoms with Crippen molar-refractivity contribution in [3.63, 3.8) is 0 Å². The topological polar surface area (TPSA) is 108 Å². The molecule has 0 bridgehead atoms. The maximum atomic E-state index is 13.9. The number of nitrogens with zero attached hydrogens (tertiary/aromatic N) is 1. The number of rotatable bonds is 11. The summed E-state index contributed by atoms with van der Waals surface area (Å²) in [6.07, 6.45) is 2.14. The van der Waals surface area contributed by atoms with E-state index in [1.54, 1.807) is 57.2 Å². The molecule has 0 aromatic heterocycles. The Bertz CT molecular complexity index is 1130. The maximum Gasteiger partial charge on any atom is 0.408 e. The van der Waals surface area contributed by atoms with Gasteiger partial charge in [0, 0.05) is 6.54 Å². The first-order valence-corrected chi connectivity index (χ1v) is 13.0. The molecule has 0 radical (unpaired) electrons. The fourth-order valence-electron chi connectivity index (χ4n) is 3.84. The molecule has 3 amide bonds. The number of unbranched alkanes of at least 4 members (excludes halogenated alkanes) is 1. The van der Waals surface area contributed by atoms with Gasteiger partial charge in [0.05, 0.1) is 17.3 Å². The summed E-state index contributed by atoms with van der Waals surface area (Å²) >= 11 is 6.38. The Morgan fingerprint density at radius 2 is 1.87 bits per heavy atom. The van der Waals surface area contributed by atoms with Crippen LogP contribution in [0.1, 0.15) is 63.3 Å². The summed E-state index contributed by atoms with van der Waals surface area (Å²) in [5.41, 5.74) is 1.72. The third-order valence-corrected chi connectivity index (χ3v) is 6.01. The number of benzene rings is 2. The fourth-order valence-corrected chi connectivity index (χ4v) is 4.11. The first-order chi connectivity index (χ1) is 17.9. The number of para-hydroxylation sites is 1. The van der Waals surface area contributed by atoms with Crippen LogP contribution in [0.3, 0.4) is 0 Å².